The van der Waals surface area contributed by atoms with Crippen LogP contribution in [-0.2, 0) is 28.3 Å². The van der Waals surface area contributed by atoms with Gasteiger partial charge in [-0.1, -0.05) is 99.0 Å². The standard InChI is InChI=1S/C38H52O6Si/c1-8-43-37(41)27-31(40)25-29(3)34-20-15-21-36(42-7)35(34)26-30(39)24-28(2)22-23-44-45(38(4,5)6,32-16-11-9-12-17-32)33-18-13-10-14-19-33/h9-14,16-19,24-25,34-36H,8,15,20-23,26-27H2,1-7H3/b28-24+,29-25+/t34-,35-,36+/m0/s1. The Kier molecular flexibility index (Phi) is 13.7. The number of allylic oxidation sites excluding steroid dienone is 3. The average Bonchev–Trinajstić information content (AvgIpc) is 2.99. The first-order chi connectivity index (χ1) is 21.4. The number of ether oxygens (including phenoxy) is 2. The lowest BCUT2D eigenvalue weighted by Gasteiger charge is -2.43. The van der Waals surface area contributed by atoms with E-state index < -0.39 is 14.3 Å². The molecule has 1 saturated carbocycles. The number of esters is 1. The summed E-state index contributed by atoms with van der Waals surface area (Å²) in [6.45, 7) is 13.2. The molecule has 45 heavy (non-hydrogen) atoms. The quantitative estimate of drug-likeness (QED) is 0.0935. The van der Waals surface area contributed by atoms with Crippen LogP contribution in [0.1, 0.15) is 80.1 Å². The summed E-state index contributed by atoms with van der Waals surface area (Å²) in [4.78, 5) is 37.8. The number of ketones is 2. The van der Waals surface area contributed by atoms with Crippen molar-refractivity contribution in [1.82, 2.24) is 0 Å². The van der Waals surface area contributed by atoms with E-state index in [1.807, 2.05) is 26.0 Å². The van der Waals surface area contributed by atoms with Crippen LogP contribution < -0.4 is 10.4 Å². The minimum atomic E-state index is -2.65. The van der Waals surface area contributed by atoms with Gasteiger partial charge in [-0.3, -0.25) is 14.4 Å². The number of benzene rings is 2. The summed E-state index contributed by atoms with van der Waals surface area (Å²) in [5.41, 5.74) is 1.87. The van der Waals surface area contributed by atoms with Crippen molar-refractivity contribution in [2.24, 2.45) is 11.8 Å². The lowest BCUT2D eigenvalue weighted by Crippen LogP contribution is -2.66. The van der Waals surface area contributed by atoms with Crippen LogP contribution in [0.3, 0.4) is 0 Å². The van der Waals surface area contributed by atoms with E-state index in [9.17, 15) is 14.4 Å². The number of hydrogen-bond acceptors (Lipinski definition) is 6. The van der Waals surface area contributed by atoms with Crippen molar-refractivity contribution in [3.63, 3.8) is 0 Å². The zero-order valence-electron chi connectivity index (χ0n) is 28.3. The zero-order chi connectivity index (χ0) is 33.0. The van der Waals surface area contributed by atoms with Gasteiger partial charge in [0.25, 0.3) is 8.32 Å². The molecule has 0 spiro atoms. The van der Waals surface area contributed by atoms with Gasteiger partial charge < -0.3 is 13.9 Å². The van der Waals surface area contributed by atoms with E-state index in [0.29, 0.717) is 19.4 Å². The molecule has 0 unspecified atom stereocenters. The van der Waals surface area contributed by atoms with Crippen LogP contribution in [0.25, 0.3) is 0 Å². The summed E-state index contributed by atoms with van der Waals surface area (Å²) < 4.78 is 17.8. The van der Waals surface area contributed by atoms with Crippen molar-refractivity contribution in [3.05, 3.63) is 84.0 Å². The highest BCUT2D eigenvalue weighted by molar-refractivity contribution is 6.99. The van der Waals surface area contributed by atoms with Crippen molar-refractivity contribution < 1.29 is 28.3 Å². The number of rotatable bonds is 15. The van der Waals surface area contributed by atoms with Gasteiger partial charge in [0.05, 0.1) is 12.7 Å². The predicted octanol–water partition coefficient (Wildman–Crippen LogP) is 6.76. The molecule has 6 nitrogen and oxygen atoms in total. The van der Waals surface area contributed by atoms with E-state index in [2.05, 4.69) is 69.3 Å². The molecule has 0 heterocycles. The van der Waals surface area contributed by atoms with Crippen molar-refractivity contribution in [2.45, 2.75) is 91.2 Å². The lowest BCUT2D eigenvalue weighted by molar-refractivity contribution is -0.144. The summed E-state index contributed by atoms with van der Waals surface area (Å²) in [5.74, 6) is -0.739. The topological polar surface area (TPSA) is 78.9 Å². The first kappa shape index (κ1) is 36.3. The molecule has 0 radical (unpaired) electrons. The van der Waals surface area contributed by atoms with E-state index in [1.165, 1.54) is 10.4 Å². The normalized spacial score (nSPS) is 19.7. The summed E-state index contributed by atoms with van der Waals surface area (Å²) in [6.07, 6.45) is 6.69. The molecular weight excluding hydrogens is 580 g/mol. The first-order valence-electron chi connectivity index (χ1n) is 16.3. The van der Waals surface area contributed by atoms with Crippen LogP contribution in [0.5, 0.6) is 0 Å². The Bertz CT molecular complexity index is 1290. The smallest absolute Gasteiger partial charge is 0.313 e. The molecule has 0 aromatic heterocycles. The fourth-order valence-corrected chi connectivity index (χ4v) is 11.5. The lowest BCUT2D eigenvalue weighted by atomic mass is 9.71. The van der Waals surface area contributed by atoms with E-state index in [0.717, 1.165) is 30.4 Å². The minimum absolute atomic E-state index is 0.0333. The van der Waals surface area contributed by atoms with Crippen LogP contribution in [0.4, 0.5) is 0 Å². The van der Waals surface area contributed by atoms with Crippen molar-refractivity contribution in [2.75, 3.05) is 20.3 Å². The molecule has 1 aliphatic carbocycles. The van der Waals surface area contributed by atoms with Crippen LogP contribution >= 0.6 is 0 Å². The molecule has 0 N–H and O–H groups in total. The van der Waals surface area contributed by atoms with Gasteiger partial charge in [0, 0.05) is 20.1 Å². The molecule has 1 aliphatic rings. The van der Waals surface area contributed by atoms with Crippen LogP contribution in [0.15, 0.2) is 84.0 Å². The van der Waals surface area contributed by atoms with Gasteiger partial charge >= 0.3 is 5.97 Å². The second-order valence-electron chi connectivity index (χ2n) is 13.2. The molecule has 1 fully saturated rings. The molecule has 3 rings (SSSR count). The second-order valence-corrected chi connectivity index (χ2v) is 17.5. The molecule has 7 heteroatoms. The predicted molar refractivity (Wildman–Crippen MR) is 183 cm³/mol. The Balaban J connectivity index is 1.74. The number of carbonyl (C=O) groups excluding carboxylic acids is 3. The Morgan fingerprint density at radius 1 is 0.889 bits per heavy atom. The number of hydrogen-bond donors (Lipinski definition) is 0. The second kappa shape index (κ2) is 17.0. The van der Waals surface area contributed by atoms with Crippen LogP contribution in [0.2, 0.25) is 5.04 Å². The van der Waals surface area contributed by atoms with E-state index in [4.69, 9.17) is 13.9 Å². The first-order valence-corrected chi connectivity index (χ1v) is 18.2. The maximum absolute atomic E-state index is 13.4. The van der Waals surface area contributed by atoms with Crippen LogP contribution in [-0.4, -0.2) is 52.3 Å². The Labute approximate surface area is 271 Å². The van der Waals surface area contributed by atoms with Gasteiger partial charge in [-0.2, -0.15) is 0 Å². The maximum Gasteiger partial charge on any atom is 0.313 e. The zero-order valence-corrected chi connectivity index (χ0v) is 29.3. The summed E-state index contributed by atoms with van der Waals surface area (Å²) in [5, 5.41) is 2.36. The molecule has 2 aromatic rings. The van der Waals surface area contributed by atoms with E-state index >= 15 is 0 Å². The van der Waals surface area contributed by atoms with E-state index in [1.54, 1.807) is 26.2 Å². The van der Waals surface area contributed by atoms with Crippen molar-refractivity contribution in [1.29, 1.82) is 0 Å². The van der Waals surface area contributed by atoms with Gasteiger partial charge in [0.15, 0.2) is 11.6 Å². The molecule has 0 amide bonds. The monoisotopic (exact) mass is 632 g/mol. The Morgan fingerprint density at radius 2 is 1.49 bits per heavy atom. The van der Waals surface area contributed by atoms with Crippen molar-refractivity contribution in [3.8, 4) is 0 Å². The summed E-state index contributed by atoms with van der Waals surface area (Å²) in [6, 6.07) is 21.1. The minimum Gasteiger partial charge on any atom is -0.466 e. The highest BCUT2D eigenvalue weighted by atomic mass is 28.4. The molecule has 0 saturated heterocycles. The third-order valence-corrected chi connectivity index (χ3v) is 14.0. The Hall–Kier alpha value is -3.13. The molecule has 244 valence electrons. The van der Waals surface area contributed by atoms with Gasteiger partial charge in [-0.15, -0.1) is 0 Å². The summed E-state index contributed by atoms with van der Waals surface area (Å²) >= 11 is 0. The van der Waals surface area contributed by atoms with Crippen molar-refractivity contribution >= 4 is 36.2 Å². The molecular formula is C38H52O6Si. The van der Waals surface area contributed by atoms with Gasteiger partial charge in [0.1, 0.15) is 6.42 Å². The van der Waals surface area contributed by atoms with Crippen LogP contribution in [0, 0.1) is 11.8 Å². The van der Waals surface area contributed by atoms with Gasteiger partial charge in [-0.25, -0.2) is 0 Å². The molecule has 3 atom stereocenters. The molecule has 0 aliphatic heterocycles. The van der Waals surface area contributed by atoms with E-state index in [-0.39, 0.29) is 47.6 Å². The Morgan fingerprint density at radius 3 is 2.02 bits per heavy atom. The molecule has 2 aromatic carbocycles. The number of methoxy groups -OCH3 is 1. The van der Waals surface area contributed by atoms with Gasteiger partial charge in [-0.05, 0) is 79.4 Å². The maximum atomic E-state index is 13.4. The molecule has 0 bridgehead atoms. The van der Waals surface area contributed by atoms with Gasteiger partial charge in [0.2, 0.25) is 0 Å². The third kappa shape index (κ3) is 9.68. The number of carbonyl (C=O) groups is 3. The summed E-state index contributed by atoms with van der Waals surface area (Å²) in [7, 11) is -0.954. The SMILES string of the molecule is CCOC(=O)CC(=O)/C=C(\C)[C@@H]1CCC[C@@H](OC)[C@H]1CC(=O)/C=C(\C)CCO[Si](c1ccccc1)(c1ccccc1)C(C)(C)C. The highest BCUT2D eigenvalue weighted by Crippen LogP contribution is 2.39. The fraction of sp³-hybridized carbons (Fsp3) is 0.500. The largest absolute Gasteiger partial charge is 0.466 e. The average molecular weight is 633 g/mol. The fourth-order valence-electron chi connectivity index (χ4n) is 6.89. The highest BCUT2D eigenvalue weighted by Gasteiger charge is 2.50. The third-order valence-electron chi connectivity index (χ3n) is 8.97.